The van der Waals surface area contributed by atoms with Crippen LogP contribution in [0.25, 0.3) is 0 Å². The van der Waals surface area contributed by atoms with Crippen molar-refractivity contribution < 1.29 is 0 Å². The van der Waals surface area contributed by atoms with Crippen molar-refractivity contribution in [2.45, 2.75) is 46.1 Å². The second-order valence-electron chi connectivity index (χ2n) is 5.43. The standard InChI is InChI=1S/C18H24BrNS/c1-4-10-20-18(12-16-9-8-15(5-2)21-16)17-11-14(19)7-6-13(17)3/h6-9,11,18,20H,4-5,10,12H2,1-3H3. The molecule has 0 bridgehead atoms. The van der Waals surface area contributed by atoms with E-state index in [1.54, 1.807) is 0 Å². The van der Waals surface area contributed by atoms with Crippen LogP contribution in [0.3, 0.4) is 0 Å². The number of thiophene rings is 1. The van der Waals surface area contributed by atoms with Crippen LogP contribution in [-0.4, -0.2) is 6.54 Å². The highest BCUT2D eigenvalue weighted by molar-refractivity contribution is 9.10. The third-order valence-corrected chi connectivity index (χ3v) is 5.47. The third-order valence-electron chi connectivity index (χ3n) is 3.73. The number of rotatable bonds is 7. The molecule has 0 aliphatic rings. The van der Waals surface area contributed by atoms with Crippen LogP contribution in [0.2, 0.25) is 0 Å². The molecular weight excluding hydrogens is 342 g/mol. The van der Waals surface area contributed by atoms with E-state index < -0.39 is 0 Å². The number of hydrogen-bond acceptors (Lipinski definition) is 2. The molecule has 1 nitrogen and oxygen atoms in total. The predicted octanol–water partition coefficient (Wildman–Crippen LogP) is 5.66. The van der Waals surface area contributed by atoms with Gasteiger partial charge in [0.25, 0.3) is 0 Å². The molecule has 114 valence electrons. The highest BCUT2D eigenvalue weighted by atomic mass is 79.9. The van der Waals surface area contributed by atoms with E-state index in [9.17, 15) is 0 Å². The Bertz CT molecular complexity index is 576. The van der Waals surface area contributed by atoms with E-state index in [0.717, 1.165) is 30.3 Å². The van der Waals surface area contributed by atoms with Crippen molar-refractivity contribution in [1.82, 2.24) is 5.32 Å². The van der Waals surface area contributed by atoms with Gasteiger partial charge in [0.1, 0.15) is 0 Å². The lowest BCUT2D eigenvalue weighted by molar-refractivity contribution is 0.530. The molecule has 1 aromatic carbocycles. The highest BCUT2D eigenvalue weighted by Crippen LogP contribution is 2.28. The van der Waals surface area contributed by atoms with Crippen molar-refractivity contribution in [2.75, 3.05) is 6.54 Å². The van der Waals surface area contributed by atoms with Gasteiger partial charge in [-0.15, -0.1) is 11.3 Å². The van der Waals surface area contributed by atoms with Gasteiger partial charge in [-0.2, -0.15) is 0 Å². The molecule has 0 radical (unpaired) electrons. The first-order chi connectivity index (χ1) is 10.1. The molecule has 21 heavy (non-hydrogen) atoms. The quantitative estimate of drug-likeness (QED) is 0.666. The minimum atomic E-state index is 0.394. The summed E-state index contributed by atoms with van der Waals surface area (Å²) in [5.41, 5.74) is 2.77. The average molecular weight is 366 g/mol. The maximum atomic E-state index is 3.72. The Hall–Kier alpha value is -0.640. The van der Waals surface area contributed by atoms with E-state index >= 15 is 0 Å². The first-order valence-electron chi connectivity index (χ1n) is 7.71. The van der Waals surface area contributed by atoms with Crippen LogP contribution in [0.5, 0.6) is 0 Å². The molecule has 0 fully saturated rings. The Morgan fingerprint density at radius 1 is 1.14 bits per heavy atom. The average Bonchev–Trinajstić information content (AvgIpc) is 2.94. The van der Waals surface area contributed by atoms with Crippen molar-refractivity contribution in [3.63, 3.8) is 0 Å². The van der Waals surface area contributed by atoms with E-state index in [1.165, 1.54) is 20.9 Å². The van der Waals surface area contributed by atoms with Gasteiger partial charge in [-0.1, -0.05) is 35.8 Å². The summed E-state index contributed by atoms with van der Waals surface area (Å²) in [5.74, 6) is 0. The molecule has 3 heteroatoms. The fourth-order valence-electron chi connectivity index (χ4n) is 2.52. The predicted molar refractivity (Wildman–Crippen MR) is 97.3 cm³/mol. The summed E-state index contributed by atoms with van der Waals surface area (Å²) >= 11 is 5.56. The number of hydrogen-bond donors (Lipinski definition) is 1. The molecule has 0 aliphatic heterocycles. The van der Waals surface area contributed by atoms with Crippen LogP contribution in [0.1, 0.15) is 47.2 Å². The van der Waals surface area contributed by atoms with Gasteiger partial charge in [0, 0.05) is 26.7 Å². The first kappa shape index (κ1) is 16.7. The number of benzene rings is 1. The Kier molecular flexibility index (Phi) is 6.46. The molecule has 0 saturated heterocycles. The summed E-state index contributed by atoms with van der Waals surface area (Å²) < 4.78 is 1.16. The highest BCUT2D eigenvalue weighted by Gasteiger charge is 2.15. The zero-order valence-electron chi connectivity index (χ0n) is 13.1. The Morgan fingerprint density at radius 3 is 2.57 bits per heavy atom. The van der Waals surface area contributed by atoms with Crippen LogP contribution >= 0.6 is 27.3 Å². The fraction of sp³-hybridized carbons (Fsp3) is 0.444. The summed E-state index contributed by atoms with van der Waals surface area (Å²) in [6.07, 6.45) is 3.36. The van der Waals surface area contributed by atoms with Crippen LogP contribution in [0, 0.1) is 6.92 Å². The molecule has 1 aromatic heterocycles. The van der Waals surface area contributed by atoms with E-state index in [-0.39, 0.29) is 0 Å². The minimum absolute atomic E-state index is 0.394. The largest absolute Gasteiger partial charge is 0.310 e. The second kappa shape index (κ2) is 8.11. The molecule has 0 amide bonds. The smallest absolute Gasteiger partial charge is 0.0371 e. The zero-order chi connectivity index (χ0) is 15.2. The molecule has 0 spiro atoms. The van der Waals surface area contributed by atoms with Crippen molar-refractivity contribution >= 4 is 27.3 Å². The first-order valence-corrected chi connectivity index (χ1v) is 9.32. The topological polar surface area (TPSA) is 12.0 Å². The van der Waals surface area contributed by atoms with Crippen molar-refractivity contribution in [3.8, 4) is 0 Å². The van der Waals surface area contributed by atoms with Crippen LogP contribution in [0.15, 0.2) is 34.8 Å². The van der Waals surface area contributed by atoms with E-state index in [0.29, 0.717) is 6.04 Å². The van der Waals surface area contributed by atoms with Gasteiger partial charge < -0.3 is 5.32 Å². The van der Waals surface area contributed by atoms with Crippen molar-refractivity contribution in [1.29, 1.82) is 0 Å². The van der Waals surface area contributed by atoms with Gasteiger partial charge in [0.15, 0.2) is 0 Å². The fourth-order valence-corrected chi connectivity index (χ4v) is 3.90. The molecule has 1 atom stereocenters. The Balaban J connectivity index is 2.22. The van der Waals surface area contributed by atoms with Crippen LogP contribution in [-0.2, 0) is 12.8 Å². The molecule has 0 saturated carbocycles. The van der Waals surface area contributed by atoms with Crippen LogP contribution < -0.4 is 5.32 Å². The lowest BCUT2D eigenvalue weighted by Crippen LogP contribution is -2.24. The molecule has 1 unspecified atom stereocenters. The van der Waals surface area contributed by atoms with Gasteiger partial charge in [-0.25, -0.2) is 0 Å². The number of nitrogens with one attached hydrogen (secondary N) is 1. The lowest BCUT2D eigenvalue weighted by Gasteiger charge is -2.21. The van der Waals surface area contributed by atoms with Gasteiger partial charge in [-0.05, 0) is 61.7 Å². The Labute approximate surface area is 140 Å². The SMILES string of the molecule is CCCNC(Cc1ccc(CC)s1)c1cc(Br)ccc1C. The summed E-state index contributed by atoms with van der Waals surface area (Å²) in [5, 5.41) is 3.72. The lowest BCUT2D eigenvalue weighted by atomic mass is 9.98. The summed E-state index contributed by atoms with van der Waals surface area (Å²) in [7, 11) is 0. The third kappa shape index (κ3) is 4.67. The number of halogens is 1. The van der Waals surface area contributed by atoms with Gasteiger partial charge in [0.2, 0.25) is 0 Å². The molecule has 2 rings (SSSR count). The molecule has 1 N–H and O–H groups in total. The van der Waals surface area contributed by atoms with Gasteiger partial charge >= 0.3 is 0 Å². The molecule has 0 aliphatic carbocycles. The normalized spacial score (nSPS) is 12.6. The maximum Gasteiger partial charge on any atom is 0.0371 e. The van der Waals surface area contributed by atoms with Gasteiger partial charge in [0.05, 0.1) is 0 Å². The van der Waals surface area contributed by atoms with Crippen molar-refractivity contribution in [3.05, 3.63) is 55.7 Å². The van der Waals surface area contributed by atoms with E-state index in [4.69, 9.17) is 0 Å². The summed E-state index contributed by atoms with van der Waals surface area (Å²) in [4.78, 5) is 2.95. The monoisotopic (exact) mass is 365 g/mol. The van der Waals surface area contributed by atoms with E-state index in [2.05, 4.69) is 72.3 Å². The number of aryl methyl sites for hydroxylation is 2. The second-order valence-corrected chi connectivity index (χ2v) is 7.60. The zero-order valence-corrected chi connectivity index (χ0v) is 15.5. The Morgan fingerprint density at radius 2 is 1.90 bits per heavy atom. The molecule has 2 aromatic rings. The molecule has 1 heterocycles. The van der Waals surface area contributed by atoms with E-state index in [1.807, 2.05) is 11.3 Å². The van der Waals surface area contributed by atoms with Gasteiger partial charge in [-0.3, -0.25) is 0 Å². The maximum absolute atomic E-state index is 3.72. The minimum Gasteiger partial charge on any atom is -0.310 e. The summed E-state index contributed by atoms with van der Waals surface area (Å²) in [6.45, 7) is 7.70. The molecular formula is C18H24BrNS. The summed E-state index contributed by atoms with van der Waals surface area (Å²) in [6, 6.07) is 11.5. The van der Waals surface area contributed by atoms with Crippen LogP contribution in [0.4, 0.5) is 0 Å². The van der Waals surface area contributed by atoms with Crippen molar-refractivity contribution in [2.24, 2.45) is 0 Å².